The number of likely N-dealkylation sites (N-methyl/N-ethyl adjacent to an activating group) is 1. The number of rotatable bonds is 4. The Labute approximate surface area is 162 Å². The van der Waals surface area contributed by atoms with Crippen LogP contribution < -0.4 is 0 Å². The minimum Gasteiger partial charge on any atom is -0.338 e. The maximum atomic E-state index is 12.6. The zero-order chi connectivity index (χ0) is 17.4. The highest BCUT2D eigenvalue weighted by Crippen LogP contribution is 2.26. The van der Waals surface area contributed by atoms with E-state index in [1.54, 1.807) is 16.8 Å². The molecule has 0 N–H and O–H groups in total. The highest BCUT2D eigenvalue weighted by atomic mass is 127. The molecule has 2 heterocycles. The van der Waals surface area contributed by atoms with Gasteiger partial charge < -0.3 is 14.4 Å². The first-order valence-corrected chi connectivity index (χ1v) is 9.38. The number of aromatic nitrogens is 1. The third-order valence-electron chi connectivity index (χ3n) is 4.39. The van der Waals surface area contributed by atoms with Gasteiger partial charge in [0.15, 0.2) is 0 Å². The van der Waals surface area contributed by atoms with E-state index in [4.69, 9.17) is 0 Å². The quantitative estimate of drug-likeness (QED) is 0.477. The monoisotopic (exact) mass is 501 g/mol. The number of nitrogens with zero attached hydrogens (tertiary/aromatic N) is 3. The van der Waals surface area contributed by atoms with Crippen LogP contribution in [0.1, 0.15) is 0 Å². The summed E-state index contributed by atoms with van der Waals surface area (Å²) in [5.41, 5.74) is 1.04. The molecule has 0 spiro atoms. The maximum absolute atomic E-state index is 12.6. The first-order chi connectivity index (χ1) is 11.4. The molecule has 0 atom stereocenters. The van der Waals surface area contributed by atoms with Gasteiger partial charge in [-0.1, -0.05) is 22.5 Å². The maximum Gasteiger partial charge on any atom is 0.246 e. The van der Waals surface area contributed by atoms with Crippen molar-refractivity contribution in [3.05, 3.63) is 45.1 Å². The zero-order valence-corrected chi connectivity index (χ0v) is 17.0. The molecule has 24 heavy (non-hydrogen) atoms. The third-order valence-corrected chi connectivity index (χ3v) is 5.74. The highest BCUT2D eigenvalue weighted by Gasteiger charge is 2.34. The van der Waals surface area contributed by atoms with Crippen molar-refractivity contribution in [2.24, 2.45) is 0 Å². The summed E-state index contributed by atoms with van der Waals surface area (Å²) in [6, 6.07) is 6.14. The molecule has 0 unspecified atom stereocenters. The van der Waals surface area contributed by atoms with Gasteiger partial charge in [0.2, 0.25) is 11.8 Å². The second-order valence-corrected chi connectivity index (χ2v) is 7.95. The summed E-state index contributed by atoms with van der Waals surface area (Å²) >= 11 is 5.77. The lowest BCUT2D eigenvalue weighted by molar-refractivity contribution is -0.142. The van der Waals surface area contributed by atoms with Crippen LogP contribution in [0.5, 0.6) is 0 Å². The summed E-state index contributed by atoms with van der Waals surface area (Å²) in [7, 11) is 1.80. The topological polar surface area (TPSA) is 45.6 Å². The van der Waals surface area contributed by atoms with Crippen molar-refractivity contribution in [3.8, 4) is 0 Å². The number of fused-ring (bicyclic) bond motifs is 1. The van der Waals surface area contributed by atoms with E-state index < -0.39 is 0 Å². The van der Waals surface area contributed by atoms with Crippen molar-refractivity contribution < 1.29 is 9.59 Å². The van der Waals surface area contributed by atoms with Crippen LogP contribution in [0, 0.1) is 3.57 Å². The predicted molar refractivity (Wildman–Crippen MR) is 106 cm³/mol. The van der Waals surface area contributed by atoms with Crippen molar-refractivity contribution in [1.29, 1.82) is 0 Å². The molecule has 1 aromatic heterocycles. The SMILES string of the molecule is C=CC(=O)N1CC(N(C)C(=O)Cn2cc(I)c3cc(Br)ccc32)C1. The van der Waals surface area contributed by atoms with Gasteiger partial charge in [-0.15, -0.1) is 0 Å². The van der Waals surface area contributed by atoms with E-state index in [-0.39, 0.29) is 17.9 Å². The molecule has 1 aliphatic heterocycles. The van der Waals surface area contributed by atoms with Crippen molar-refractivity contribution in [2.75, 3.05) is 20.1 Å². The Morgan fingerprint density at radius 1 is 1.46 bits per heavy atom. The van der Waals surface area contributed by atoms with Crippen LogP contribution in [0.25, 0.3) is 10.9 Å². The van der Waals surface area contributed by atoms with Crippen LogP contribution in [0.2, 0.25) is 0 Å². The summed E-state index contributed by atoms with van der Waals surface area (Å²) in [6.45, 7) is 4.92. The average Bonchev–Trinajstić information content (AvgIpc) is 2.81. The molecular weight excluding hydrogens is 485 g/mol. The normalized spacial score (nSPS) is 14.5. The highest BCUT2D eigenvalue weighted by molar-refractivity contribution is 14.1. The molecule has 1 fully saturated rings. The van der Waals surface area contributed by atoms with Crippen LogP contribution in [-0.2, 0) is 16.1 Å². The van der Waals surface area contributed by atoms with E-state index in [0.717, 1.165) is 18.9 Å². The Kier molecular flexibility index (Phi) is 5.00. The molecule has 0 aliphatic carbocycles. The molecule has 126 valence electrons. The summed E-state index contributed by atoms with van der Waals surface area (Å²) in [4.78, 5) is 27.5. The number of halogens is 2. The number of amides is 2. The van der Waals surface area contributed by atoms with Gasteiger partial charge >= 0.3 is 0 Å². The standard InChI is InChI=1S/C17H17BrIN3O2/c1-3-16(23)22-7-12(8-22)20(2)17(24)10-21-9-14(19)13-6-11(18)4-5-15(13)21/h3-6,9,12H,1,7-8,10H2,2H3. The number of hydrogen-bond donors (Lipinski definition) is 0. The summed E-state index contributed by atoms with van der Waals surface area (Å²) in [5.74, 6) is -0.0365. The van der Waals surface area contributed by atoms with Crippen molar-refractivity contribution in [1.82, 2.24) is 14.4 Å². The molecule has 5 nitrogen and oxygen atoms in total. The smallest absolute Gasteiger partial charge is 0.246 e. The molecule has 2 amide bonds. The number of carbonyl (C=O) groups is 2. The molecule has 3 rings (SSSR count). The minimum absolute atomic E-state index is 0.0434. The predicted octanol–water partition coefficient (Wildman–Crippen LogP) is 2.86. The van der Waals surface area contributed by atoms with Crippen LogP contribution >= 0.6 is 38.5 Å². The van der Waals surface area contributed by atoms with Crippen LogP contribution in [0.3, 0.4) is 0 Å². The van der Waals surface area contributed by atoms with Gasteiger partial charge in [-0.2, -0.15) is 0 Å². The molecule has 2 aromatic rings. The molecule has 1 saturated heterocycles. The molecule has 1 aromatic carbocycles. The summed E-state index contributed by atoms with van der Waals surface area (Å²) < 4.78 is 4.12. The molecule has 0 bridgehead atoms. The Hall–Kier alpha value is -1.35. The van der Waals surface area contributed by atoms with Gasteiger partial charge in [0.25, 0.3) is 0 Å². The van der Waals surface area contributed by atoms with E-state index in [1.807, 2.05) is 22.9 Å². The van der Waals surface area contributed by atoms with Gasteiger partial charge in [-0.3, -0.25) is 9.59 Å². The second-order valence-electron chi connectivity index (χ2n) is 5.87. The number of likely N-dealkylation sites (tertiary alicyclic amines) is 1. The zero-order valence-electron chi connectivity index (χ0n) is 13.2. The Morgan fingerprint density at radius 3 is 2.83 bits per heavy atom. The van der Waals surface area contributed by atoms with Gasteiger partial charge in [0, 0.05) is 45.3 Å². The van der Waals surface area contributed by atoms with E-state index >= 15 is 0 Å². The molecule has 0 radical (unpaired) electrons. The molecule has 1 aliphatic rings. The fraction of sp³-hybridized carbons (Fsp3) is 0.294. The van der Waals surface area contributed by atoms with Crippen LogP contribution in [0.4, 0.5) is 0 Å². The summed E-state index contributed by atoms with van der Waals surface area (Å²) in [5, 5.41) is 1.13. The van der Waals surface area contributed by atoms with Crippen LogP contribution in [-0.4, -0.2) is 52.4 Å². The lowest BCUT2D eigenvalue weighted by Crippen LogP contribution is -2.61. The Balaban J connectivity index is 1.69. The van der Waals surface area contributed by atoms with E-state index in [0.29, 0.717) is 19.6 Å². The first kappa shape index (κ1) is 17.5. The van der Waals surface area contributed by atoms with Crippen molar-refractivity contribution >= 4 is 61.2 Å². The first-order valence-electron chi connectivity index (χ1n) is 7.51. The minimum atomic E-state index is -0.0800. The van der Waals surface area contributed by atoms with Gasteiger partial charge in [-0.25, -0.2) is 0 Å². The largest absolute Gasteiger partial charge is 0.338 e. The van der Waals surface area contributed by atoms with Crippen molar-refractivity contribution in [2.45, 2.75) is 12.6 Å². The average molecular weight is 502 g/mol. The second kappa shape index (κ2) is 6.87. The Morgan fingerprint density at radius 2 is 2.17 bits per heavy atom. The van der Waals surface area contributed by atoms with E-state index in [2.05, 4.69) is 51.2 Å². The Bertz CT molecular complexity index is 827. The third kappa shape index (κ3) is 3.23. The fourth-order valence-corrected chi connectivity index (χ4v) is 3.96. The van der Waals surface area contributed by atoms with E-state index in [9.17, 15) is 9.59 Å². The lowest BCUT2D eigenvalue weighted by atomic mass is 10.1. The molecule has 7 heteroatoms. The lowest BCUT2D eigenvalue weighted by Gasteiger charge is -2.43. The fourth-order valence-electron chi connectivity index (χ4n) is 2.83. The number of carbonyl (C=O) groups excluding carboxylic acids is 2. The van der Waals surface area contributed by atoms with Crippen LogP contribution in [0.15, 0.2) is 41.5 Å². The molecule has 0 saturated carbocycles. The van der Waals surface area contributed by atoms with Gasteiger partial charge in [0.05, 0.1) is 6.04 Å². The number of hydrogen-bond acceptors (Lipinski definition) is 2. The summed E-state index contributed by atoms with van der Waals surface area (Å²) in [6.07, 6.45) is 3.31. The molecular formula is C17H17BrIN3O2. The van der Waals surface area contributed by atoms with E-state index in [1.165, 1.54) is 6.08 Å². The number of benzene rings is 1. The van der Waals surface area contributed by atoms with Gasteiger partial charge in [-0.05, 0) is 46.9 Å². The van der Waals surface area contributed by atoms with Crippen molar-refractivity contribution in [3.63, 3.8) is 0 Å². The van der Waals surface area contributed by atoms with Gasteiger partial charge in [0.1, 0.15) is 6.54 Å².